The fourth-order valence-corrected chi connectivity index (χ4v) is 2.45. The molecule has 26 heavy (non-hydrogen) atoms. The zero-order valence-corrected chi connectivity index (χ0v) is 15.6. The number of aliphatic imine (C=N–C) groups is 1. The summed E-state index contributed by atoms with van der Waals surface area (Å²) in [6, 6.07) is 9.44. The highest BCUT2D eigenvalue weighted by atomic mass is 16.5. The molecule has 1 heterocycles. The minimum absolute atomic E-state index is 0.398. The second kappa shape index (κ2) is 9.50. The highest BCUT2D eigenvalue weighted by molar-refractivity contribution is 5.90. The molecule has 0 saturated carbocycles. The first kappa shape index (κ1) is 19.4. The zero-order chi connectivity index (χ0) is 18.9. The third-order valence-corrected chi connectivity index (χ3v) is 3.75. The number of guanidine groups is 1. The fraction of sp³-hybridized carbons (Fsp3) is 0.368. The Balaban J connectivity index is 2.05. The number of hydrogen-bond acceptors (Lipinski definition) is 5. The summed E-state index contributed by atoms with van der Waals surface area (Å²) in [4.78, 5) is 16.2. The van der Waals surface area contributed by atoms with Gasteiger partial charge in [-0.3, -0.25) is 0 Å². The van der Waals surface area contributed by atoms with Crippen LogP contribution in [0.1, 0.15) is 34.4 Å². The lowest BCUT2D eigenvalue weighted by Gasteiger charge is -2.11. The van der Waals surface area contributed by atoms with E-state index in [1.54, 1.807) is 20.1 Å². The topological polar surface area (TPSA) is 85.1 Å². The van der Waals surface area contributed by atoms with E-state index >= 15 is 0 Å². The number of furan rings is 1. The minimum Gasteiger partial charge on any atom is -0.496 e. The van der Waals surface area contributed by atoms with Crippen molar-refractivity contribution in [1.82, 2.24) is 10.6 Å². The maximum Gasteiger partial charge on any atom is 0.341 e. The van der Waals surface area contributed by atoms with Gasteiger partial charge in [-0.15, -0.1) is 0 Å². The lowest BCUT2D eigenvalue weighted by molar-refractivity contribution is 0.0599. The van der Waals surface area contributed by atoms with Crippen LogP contribution in [0.2, 0.25) is 0 Å². The monoisotopic (exact) mass is 359 g/mol. The maximum atomic E-state index is 11.7. The van der Waals surface area contributed by atoms with Crippen LogP contribution in [0, 0.1) is 6.92 Å². The van der Waals surface area contributed by atoms with Crippen LogP contribution in [0.25, 0.3) is 0 Å². The number of carbonyl (C=O) groups is 1. The molecule has 0 aliphatic carbocycles. The number of hydrogen-bond donors (Lipinski definition) is 2. The summed E-state index contributed by atoms with van der Waals surface area (Å²) in [5.74, 6) is 2.20. The summed E-state index contributed by atoms with van der Waals surface area (Å²) < 4.78 is 15.7. The molecule has 7 heteroatoms. The van der Waals surface area contributed by atoms with E-state index in [-0.39, 0.29) is 0 Å². The molecule has 0 saturated heterocycles. The second-order valence-electron chi connectivity index (χ2n) is 5.53. The van der Waals surface area contributed by atoms with Crippen molar-refractivity contribution in [3.63, 3.8) is 0 Å². The van der Waals surface area contributed by atoms with E-state index in [1.165, 1.54) is 7.11 Å². The molecule has 1 aromatic carbocycles. The largest absolute Gasteiger partial charge is 0.496 e. The van der Waals surface area contributed by atoms with Crippen molar-refractivity contribution in [2.45, 2.75) is 26.9 Å². The predicted octanol–water partition coefficient (Wildman–Crippen LogP) is 2.64. The first-order valence-corrected chi connectivity index (χ1v) is 8.40. The molecular formula is C19H25N3O4. The van der Waals surface area contributed by atoms with E-state index in [0.717, 1.165) is 17.9 Å². The smallest absolute Gasteiger partial charge is 0.341 e. The molecule has 0 radical (unpaired) electrons. The molecule has 0 atom stereocenters. The maximum absolute atomic E-state index is 11.7. The number of aryl methyl sites for hydroxylation is 1. The molecule has 0 unspecified atom stereocenters. The second-order valence-corrected chi connectivity index (χ2v) is 5.53. The molecule has 140 valence electrons. The minimum atomic E-state index is -0.408. The lowest BCUT2D eigenvalue weighted by Crippen LogP contribution is -2.36. The van der Waals surface area contributed by atoms with E-state index in [9.17, 15) is 4.79 Å². The number of rotatable bonds is 7. The lowest BCUT2D eigenvalue weighted by atomic mass is 10.2. The first-order chi connectivity index (χ1) is 12.6. The Kier molecular flexibility index (Phi) is 7.08. The van der Waals surface area contributed by atoms with Gasteiger partial charge in [-0.2, -0.15) is 0 Å². The first-order valence-electron chi connectivity index (χ1n) is 8.40. The molecule has 0 amide bonds. The number of esters is 1. The van der Waals surface area contributed by atoms with Crippen LogP contribution in [0.15, 0.2) is 39.7 Å². The van der Waals surface area contributed by atoms with Crippen molar-refractivity contribution in [3.05, 3.63) is 53.0 Å². The van der Waals surface area contributed by atoms with E-state index in [1.807, 2.05) is 31.2 Å². The highest BCUT2D eigenvalue weighted by Gasteiger charge is 2.15. The molecule has 0 aliphatic heterocycles. The molecule has 7 nitrogen and oxygen atoms in total. The summed E-state index contributed by atoms with van der Waals surface area (Å²) in [6.07, 6.45) is 0. The van der Waals surface area contributed by atoms with E-state index in [0.29, 0.717) is 36.1 Å². The molecular weight excluding hydrogens is 334 g/mol. The Morgan fingerprint density at radius 3 is 2.69 bits per heavy atom. The number of carbonyl (C=O) groups excluding carboxylic acids is 1. The Hall–Kier alpha value is -2.96. The molecule has 0 bridgehead atoms. The average Bonchev–Trinajstić information content (AvgIpc) is 3.04. The number of para-hydroxylation sites is 1. The normalized spacial score (nSPS) is 11.2. The van der Waals surface area contributed by atoms with Gasteiger partial charge in [-0.25, -0.2) is 9.79 Å². The number of methoxy groups -OCH3 is 2. The number of benzene rings is 1. The van der Waals surface area contributed by atoms with Gasteiger partial charge in [0.25, 0.3) is 0 Å². The van der Waals surface area contributed by atoms with Gasteiger partial charge >= 0.3 is 5.97 Å². The van der Waals surface area contributed by atoms with Gasteiger partial charge in [0, 0.05) is 12.1 Å². The van der Waals surface area contributed by atoms with Crippen molar-refractivity contribution in [1.29, 1.82) is 0 Å². The number of ether oxygens (including phenoxy) is 2. The molecule has 0 aliphatic rings. The SMILES string of the molecule is CCNC(=NCc1ccccc1OC)NCc1cc(C(=O)OC)c(C)o1. The van der Waals surface area contributed by atoms with Crippen molar-refractivity contribution in [2.75, 3.05) is 20.8 Å². The third-order valence-electron chi connectivity index (χ3n) is 3.75. The molecule has 2 aromatic rings. The zero-order valence-electron chi connectivity index (χ0n) is 15.6. The van der Waals surface area contributed by atoms with Crippen LogP contribution in [-0.2, 0) is 17.8 Å². The van der Waals surface area contributed by atoms with Gasteiger partial charge in [-0.05, 0) is 26.0 Å². The fourth-order valence-electron chi connectivity index (χ4n) is 2.45. The average molecular weight is 359 g/mol. The summed E-state index contributed by atoms with van der Waals surface area (Å²) in [6.45, 7) is 5.32. The van der Waals surface area contributed by atoms with Gasteiger partial charge in [0.2, 0.25) is 0 Å². The predicted molar refractivity (Wildman–Crippen MR) is 99.4 cm³/mol. The van der Waals surface area contributed by atoms with Crippen LogP contribution in [-0.4, -0.2) is 32.7 Å². The quantitative estimate of drug-likeness (QED) is 0.449. The highest BCUT2D eigenvalue weighted by Crippen LogP contribution is 2.18. The number of nitrogens with zero attached hydrogens (tertiary/aromatic N) is 1. The third kappa shape index (κ3) is 5.02. The summed E-state index contributed by atoms with van der Waals surface area (Å²) in [7, 11) is 2.99. The van der Waals surface area contributed by atoms with Crippen molar-refractivity contribution in [3.8, 4) is 5.75 Å². The summed E-state index contributed by atoms with van der Waals surface area (Å²) in [5.41, 5.74) is 1.43. The van der Waals surface area contributed by atoms with E-state index in [4.69, 9.17) is 13.9 Å². The van der Waals surface area contributed by atoms with Crippen molar-refractivity contribution >= 4 is 11.9 Å². The van der Waals surface area contributed by atoms with E-state index < -0.39 is 5.97 Å². The van der Waals surface area contributed by atoms with Crippen molar-refractivity contribution in [2.24, 2.45) is 4.99 Å². The van der Waals surface area contributed by atoms with Gasteiger partial charge in [-0.1, -0.05) is 18.2 Å². The Morgan fingerprint density at radius 2 is 2.00 bits per heavy atom. The standard InChI is InChI=1S/C19H25N3O4/c1-5-20-19(21-11-14-8-6-7-9-17(14)24-3)22-12-15-10-16(13(2)26-15)18(23)25-4/h6-10H,5,11-12H2,1-4H3,(H2,20,21,22). The molecule has 2 N–H and O–H groups in total. The summed E-state index contributed by atoms with van der Waals surface area (Å²) >= 11 is 0. The molecule has 2 rings (SSSR count). The Morgan fingerprint density at radius 1 is 1.23 bits per heavy atom. The summed E-state index contributed by atoms with van der Waals surface area (Å²) in [5, 5.41) is 6.38. The van der Waals surface area contributed by atoms with Gasteiger partial charge in [0.15, 0.2) is 5.96 Å². The molecule has 0 spiro atoms. The van der Waals surface area contributed by atoms with Crippen LogP contribution >= 0.6 is 0 Å². The van der Waals surface area contributed by atoms with Gasteiger partial charge < -0.3 is 24.5 Å². The molecule has 1 aromatic heterocycles. The van der Waals surface area contributed by atoms with Gasteiger partial charge in [0.1, 0.15) is 22.8 Å². The van der Waals surface area contributed by atoms with E-state index in [2.05, 4.69) is 15.6 Å². The van der Waals surface area contributed by atoms with Crippen molar-refractivity contribution < 1.29 is 18.7 Å². The Labute approximate surface area is 153 Å². The molecule has 0 fully saturated rings. The van der Waals surface area contributed by atoms with Crippen LogP contribution in [0.3, 0.4) is 0 Å². The number of nitrogens with one attached hydrogen (secondary N) is 2. The van der Waals surface area contributed by atoms with Crippen LogP contribution in [0.4, 0.5) is 0 Å². The Bertz CT molecular complexity index is 768. The van der Waals surface area contributed by atoms with Crippen LogP contribution < -0.4 is 15.4 Å². The van der Waals surface area contributed by atoms with Crippen LogP contribution in [0.5, 0.6) is 5.75 Å². The van der Waals surface area contributed by atoms with Gasteiger partial charge in [0.05, 0.1) is 27.3 Å².